The van der Waals surface area contributed by atoms with Crippen LogP contribution in [0.3, 0.4) is 0 Å². The average Bonchev–Trinajstić information content (AvgIpc) is 2.72. The standard InChI is InChI=1S/C22H34O6/c1-15(2)22(26)12-8-17-7-6-10-21(5,28-19(17)24)18(27-16(3)23)9-11-20(4,25)13-14-22/h7,13-15,18,25-26H,6,8-12H2,1-5H3/b14-13+/t18-,20+,21+,22-/m0/s1. The summed E-state index contributed by atoms with van der Waals surface area (Å²) in [4.78, 5) is 24.4. The van der Waals surface area contributed by atoms with E-state index in [1.807, 2.05) is 19.9 Å². The van der Waals surface area contributed by atoms with E-state index >= 15 is 0 Å². The second-order valence-electron chi connectivity index (χ2n) is 8.94. The molecule has 0 aliphatic carbocycles. The van der Waals surface area contributed by atoms with Gasteiger partial charge >= 0.3 is 11.9 Å². The monoisotopic (exact) mass is 394 g/mol. The molecule has 2 bridgehead atoms. The lowest BCUT2D eigenvalue weighted by molar-refractivity contribution is -0.182. The summed E-state index contributed by atoms with van der Waals surface area (Å²) in [5.41, 5.74) is -2.78. The number of allylic oxidation sites excluding steroid dienone is 1. The first-order valence-corrected chi connectivity index (χ1v) is 10.1. The van der Waals surface area contributed by atoms with Crippen molar-refractivity contribution in [1.82, 2.24) is 0 Å². The van der Waals surface area contributed by atoms with Gasteiger partial charge in [0.2, 0.25) is 0 Å². The summed E-state index contributed by atoms with van der Waals surface area (Å²) in [6.45, 7) is 8.59. The van der Waals surface area contributed by atoms with Crippen LogP contribution >= 0.6 is 0 Å². The van der Waals surface area contributed by atoms with Crippen molar-refractivity contribution in [2.45, 2.75) is 96.1 Å². The van der Waals surface area contributed by atoms with Gasteiger partial charge in [0.15, 0.2) is 0 Å². The maximum atomic E-state index is 12.8. The summed E-state index contributed by atoms with van der Waals surface area (Å²) in [5, 5.41) is 21.9. The van der Waals surface area contributed by atoms with Gasteiger partial charge < -0.3 is 19.7 Å². The quantitative estimate of drug-likeness (QED) is 0.552. The van der Waals surface area contributed by atoms with Gasteiger partial charge in [-0.05, 0) is 58.3 Å². The third-order valence-electron chi connectivity index (χ3n) is 6.05. The molecule has 2 aliphatic heterocycles. The fourth-order valence-corrected chi connectivity index (χ4v) is 3.79. The van der Waals surface area contributed by atoms with E-state index in [0.717, 1.165) is 0 Å². The van der Waals surface area contributed by atoms with Gasteiger partial charge in [0.05, 0.1) is 11.2 Å². The minimum Gasteiger partial charge on any atom is -0.458 e. The SMILES string of the molecule is CC(=O)O[C@H]1CC[C@@](C)(O)/C=C/[C@](O)(C(C)C)CCC2=CCC[C@@]1(C)OC2=O. The first-order chi connectivity index (χ1) is 12.9. The minimum atomic E-state index is -1.19. The van der Waals surface area contributed by atoms with E-state index in [2.05, 4.69) is 0 Å². The van der Waals surface area contributed by atoms with Gasteiger partial charge in [-0.3, -0.25) is 4.79 Å². The van der Waals surface area contributed by atoms with Crippen LogP contribution in [0.2, 0.25) is 0 Å². The van der Waals surface area contributed by atoms with Crippen LogP contribution in [0.25, 0.3) is 0 Å². The normalized spacial score (nSPS) is 38.4. The molecule has 2 rings (SSSR count). The van der Waals surface area contributed by atoms with Crippen molar-refractivity contribution in [2.24, 2.45) is 5.92 Å². The van der Waals surface area contributed by atoms with Crippen LogP contribution in [0.4, 0.5) is 0 Å². The van der Waals surface area contributed by atoms with Crippen molar-refractivity contribution in [3.05, 3.63) is 23.8 Å². The number of aliphatic hydroxyl groups is 2. The molecule has 0 aromatic rings. The lowest BCUT2D eigenvalue weighted by Crippen LogP contribution is -2.46. The van der Waals surface area contributed by atoms with Crippen molar-refractivity contribution < 1.29 is 29.3 Å². The Morgan fingerprint density at radius 2 is 1.89 bits per heavy atom. The fourth-order valence-electron chi connectivity index (χ4n) is 3.79. The van der Waals surface area contributed by atoms with Crippen molar-refractivity contribution in [3.63, 3.8) is 0 Å². The molecule has 0 aromatic heterocycles. The van der Waals surface area contributed by atoms with Gasteiger partial charge in [0.25, 0.3) is 0 Å². The highest BCUT2D eigenvalue weighted by molar-refractivity contribution is 5.89. The number of hydrogen-bond donors (Lipinski definition) is 2. The molecule has 6 heteroatoms. The Hall–Kier alpha value is -1.66. The van der Waals surface area contributed by atoms with E-state index < -0.39 is 34.8 Å². The number of esters is 2. The molecule has 28 heavy (non-hydrogen) atoms. The predicted octanol–water partition coefficient (Wildman–Crippen LogP) is 3.21. The van der Waals surface area contributed by atoms with Crippen LogP contribution < -0.4 is 0 Å². The van der Waals surface area contributed by atoms with Crippen LogP contribution in [0.5, 0.6) is 0 Å². The molecule has 4 atom stereocenters. The zero-order chi connectivity index (χ0) is 21.2. The second kappa shape index (κ2) is 8.37. The Morgan fingerprint density at radius 3 is 2.50 bits per heavy atom. The summed E-state index contributed by atoms with van der Waals surface area (Å²) in [5.74, 6) is -0.974. The molecule has 0 aromatic carbocycles. The van der Waals surface area contributed by atoms with Gasteiger partial charge in [0.1, 0.15) is 11.7 Å². The lowest BCUT2D eigenvalue weighted by atomic mass is 9.82. The van der Waals surface area contributed by atoms with Gasteiger partial charge in [-0.15, -0.1) is 0 Å². The number of hydrogen-bond acceptors (Lipinski definition) is 6. The Kier molecular flexibility index (Phi) is 6.77. The minimum absolute atomic E-state index is 0.0915. The van der Waals surface area contributed by atoms with Crippen LogP contribution in [-0.4, -0.2) is 45.1 Å². The fraction of sp³-hybridized carbons (Fsp3) is 0.727. The number of rotatable bonds is 2. The molecule has 0 spiro atoms. The summed E-state index contributed by atoms with van der Waals surface area (Å²) >= 11 is 0. The summed E-state index contributed by atoms with van der Waals surface area (Å²) in [6.07, 6.45) is 6.94. The number of carbonyl (C=O) groups excluding carboxylic acids is 2. The van der Waals surface area contributed by atoms with E-state index in [4.69, 9.17) is 9.47 Å². The Morgan fingerprint density at radius 1 is 1.21 bits per heavy atom. The Balaban J connectivity index is 2.44. The maximum absolute atomic E-state index is 12.8. The third-order valence-corrected chi connectivity index (χ3v) is 6.05. The highest BCUT2D eigenvalue weighted by Crippen LogP contribution is 2.36. The molecule has 0 amide bonds. The van der Waals surface area contributed by atoms with Crippen LogP contribution in [0.1, 0.15) is 73.1 Å². The first-order valence-electron chi connectivity index (χ1n) is 10.1. The van der Waals surface area contributed by atoms with Gasteiger partial charge in [-0.1, -0.05) is 32.1 Å². The molecule has 0 fully saturated rings. The number of carbonyl (C=O) groups is 2. The largest absolute Gasteiger partial charge is 0.458 e. The molecule has 0 unspecified atom stereocenters. The molecular weight excluding hydrogens is 360 g/mol. The predicted molar refractivity (Wildman–Crippen MR) is 105 cm³/mol. The van der Waals surface area contributed by atoms with Crippen LogP contribution in [-0.2, 0) is 19.1 Å². The molecular formula is C22H34O6. The van der Waals surface area contributed by atoms with Crippen LogP contribution in [0, 0.1) is 5.92 Å². The Labute approximate surface area is 167 Å². The molecule has 2 N–H and O–H groups in total. The summed E-state index contributed by atoms with van der Waals surface area (Å²) in [7, 11) is 0. The molecule has 158 valence electrons. The van der Waals surface area contributed by atoms with Crippen molar-refractivity contribution in [1.29, 1.82) is 0 Å². The first kappa shape index (κ1) is 22.6. The van der Waals surface area contributed by atoms with Crippen LogP contribution in [0.15, 0.2) is 23.8 Å². The van der Waals surface area contributed by atoms with E-state index in [1.165, 1.54) is 6.92 Å². The summed E-state index contributed by atoms with van der Waals surface area (Å²) < 4.78 is 11.3. The third kappa shape index (κ3) is 5.45. The van der Waals surface area contributed by atoms with E-state index in [9.17, 15) is 19.8 Å². The van der Waals surface area contributed by atoms with E-state index in [1.54, 1.807) is 26.0 Å². The molecule has 6 nitrogen and oxygen atoms in total. The second-order valence-corrected chi connectivity index (χ2v) is 8.94. The maximum Gasteiger partial charge on any atom is 0.334 e. The number of fused-ring (bicyclic) bond motifs is 3. The van der Waals surface area contributed by atoms with Gasteiger partial charge in [-0.25, -0.2) is 4.79 Å². The van der Waals surface area contributed by atoms with Crippen molar-refractivity contribution in [2.75, 3.05) is 0 Å². The smallest absolute Gasteiger partial charge is 0.334 e. The van der Waals surface area contributed by atoms with Crippen molar-refractivity contribution in [3.8, 4) is 0 Å². The highest BCUT2D eigenvalue weighted by atomic mass is 16.6. The lowest BCUT2D eigenvalue weighted by Gasteiger charge is -2.36. The zero-order valence-corrected chi connectivity index (χ0v) is 17.7. The van der Waals surface area contributed by atoms with Crippen molar-refractivity contribution >= 4 is 11.9 Å². The van der Waals surface area contributed by atoms with E-state index in [0.29, 0.717) is 44.1 Å². The Bertz CT molecular complexity index is 662. The molecule has 0 saturated heterocycles. The average molecular weight is 395 g/mol. The molecule has 2 heterocycles. The number of ether oxygens (including phenoxy) is 2. The van der Waals surface area contributed by atoms with E-state index in [-0.39, 0.29) is 5.92 Å². The molecule has 2 aliphatic rings. The summed E-state index contributed by atoms with van der Waals surface area (Å²) in [6, 6.07) is 0. The molecule has 0 saturated carbocycles. The highest BCUT2D eigenvalue weighted by Gasteiger charge is 2.43. The van der Waals surface area contributed by atoms with Gasteiger partial charge in [-0.2, -0.15) is 0 Å². The molecule has 0 radical (unpaired) electrons. The zero-order valence-electron chi connectivity index (χ0n) is 17.7. The van der Waals surface area contributed by atoms with Gasteiger partial charge in [0, 0.05) is 12.5 Å². The topological polar surface area (TPSA) is 93.1 Å².